The van der Waals surface area contributed by atoms with E-state index < -0.39 is 0 Å². The largest absolute Gasteiger partial charge is 0.308 e. The van der Waals surface area contributed by atoms with Crippen LogP contribution < -0.4 is 5.32 Å². The molecule has 1 aromatic rings. The standard InChI is InChI=1S/C10H14FNS/c1-3-12-7-13-10-5-4-9(11)6-8(10)2/h4-6,12H,3,7H2,1-2H3. The van der Waals surface area contributed by atoms with Gasteiger partial charge < -0.3 is 5.32 Å². The van der Waals surface area contributed by atoms with Gasteiger partial charge in [-0.05, 0) is 37.2 Å². The minimum atomic E-state index is -0.162. The number of hydrogen-bond donors (Lipinski definition) is 1. The van der Waals surface area contributed by atoms with E-state index in [0.29, 0.717) is 0 Å². The van der Waals surface area contributed by atoms with Crippen LogP contribution >= 0.6 is 11.8 Å². The number of aryl methyl sites for hydroxylation is 1. The summed E-state index contributed by atoms with van der Waals surface area (Å²) in [5, 5.41) is 3.21. The molecule has 0 aliphatic rings. The van der Waals surface area contributed by atoms with Gasteiger partial charge in [0.15, 0.2) is 0 Å². The van der Waals surface area contributed by atoms with Crippen molar-refractivity contribution in [2.24, 2.45) is 0 Å². The van der Waals surface area contributed by atoms with Gasteiger partial charge in [-0.1, -0.05) is 6.92 Å². The quantitative estimate of drug-likeness (QED) is 0.454. The lowest BCUT2D eigenvalue weighted by Crippen LogP contribution is -2.10. The van der Waals surface area contributed by atoms with E-state index in [1.807, 2.05) is 13.0 Å². The number of halogens is 1. The highest BCUT2D eigenvalue weighted by molar-refractivity contribution is 7.99. The van der Waals surface area contributed by atoms with Crippen molar-refractivity contribution in [3.63, 3.8) is 0 Å². The number of thioether (sulfide) groups is 1. The average molecular weight is 199 g/mol. The Labute approximate surface area is 82.7 Å². The predicted octanol–water partition coefficient (Wildman–Crippen LogP) is 2.79. The molecule has 0 saturated heterocycles. The third kappa shape index (κ3) is 3.36. The van der Waals surface area contributed by atoms with Gasteiger partial charge >= 0.3 is 0 Å². The van der Waals surface area contributed by atoms with Crippen LogP contribution in [0.25, 0.3) is 0 Å². The van der Waals surface area contributed by atoms with Crippen LogP contribution in [0.4, 0.5) is 4.39 Å². The minimum absolute atomic E-state index is 0.162. The summed E-state index contributed by atoms with van der Waals surface area (Å²) < 4.78 is 12.7. The first kappa shape index (κ1) is 10.5. The third-order valence-corrected chi connectivity index (χ3v) is 2.83. The van der Waals surface area contributed by atoms with E-state index in [9.17, 15) is 4.39 Å². The molecular weight excluding hydrogens is 185 g/mol. The Hall–Kier alpha value is -0.540. The molecule has 0 fully saturated rings. The first-order valence-corrected chi connectivity index (χ1v) is 5.32. The Morgan fingerprint density at radius 1 is 1.46 bits per heavy atom. The maximum Gasteiger partial charge on any atom is 0.123 e. The molecule has 72 valence electrons. The second-order valence-corrected chi connectivity index (χ2v) is 3.82. The van der Waals surface area contributed by atoms with Crippen molar-refractivity contribution in [1.82, 2.24) is 5.32 Å². The second kappa shape index (κ2) is 5.25. The molecule has 1 N–H and O–H groups in total. The monoisotopic (exact) mass is 199 g/mol. The van der Waals surface area contributed by atoms with Gasteiger partial charge in [-0.2, -0.15) is 0 Å². The van der Waals surface area contributed by atoms with Gasteiger partial charge in [0.05, 0.1) is 0 Å². The highest BCUT2D eigenvalue weighted by Crippen LogP contribution is 2.21. The van der Waals surface area contributed by atoms with E-state index in [4.69, 9.17) is 0 Å². The zero-order valence-electron chi connectivity index (χ0n) is 7.93. The van der Waals surface area contributed by atoms with Gasteiger partial charge in [0.25, 0.3) is 0 Å². The van der Waals surface area contributed by atoms with Crippen molar-refractivity contribution in [2.45, 2.75) is 18.7 Å². The summed E-state index contributed by atoms with van der Waals surface area (Å²) in [6.45, 7) is 4.96. The van der Waals surface area contributed by atoms with Crippen LogP contribution in [0.15, 0.2) is 23.1 Å². The fraction of sp³-hybridized carbons (Fsp3) is 0.400. The van der Waals surface area contributed by atoms with E-state index >= 15 is 0 Å². The van der Waals surface area contributed by atoms with Gasteiger partial charge in [0.2, 0.25) is 0 Å². The van der Waals surface area contributed by atoms with Crippen molar-refractivity contribution < 1.29 is 4.39 Å². The topological polar surface area (TPSA) is 12.0 Å². The molecule has 13 heavy (non-hydrogen) atoms. The van der Waals surface area contributed by atoms with Crippen LogP contribution in [-0.4, -0.2) is 12.4 Å². The lowest BCUT2D eigenvalue weighted by molar-refractivity contribution is 0.625. The zero-order chi connectivity index (χ0) is 9.68. The lowest BCUT2D eigenvalue weighted by Gasteiger charge is -2.05. The molecule has 0 aliphatic heterocycles. The van der Waals surface area contributed by atoms with Crippen LogP contribution in [0.3, 0.4) is 0 Å². The third-order valence-electron chi connectivity index (χ3n) is 1.72. The first-order valence-electron chi connectivity index (χ1n) is 4.33. The molecule has 0 aromatic heterocycles. The van der Waals surface area contributed by atoms with Crippen molar-refractivity contribution in [1.29, 1.82) is 0 Å². The molecule has 0 bridgehead atoms. The summed E-state index contributed by atoms with van der Waals surface area (Å²) >= 11 is 1.70. The normalized spacial score (nSPS) is 10.4. The van der Waals surface area contributed by atoms with E-state index in [-0.39, 0.29) is 5.82 Å². The Morgan fingerprint density at radius 2 is 2.23 bits per heavy atom. The summed E-state index contributed by atoms with van der Waals surface area (Å²) in [7, 11) is 0. The number of nitrogens with one attached hydrogen (secondary N) is 1. The number of rotatable bonds is 4. The molecule has 1 aromatic carbocycles. The van der Waals surface area contributed by atoms with Crippen molar-refractivity contribution in [3.8, 4) is 0 Å². The SMILES string of the molecule is CCNCSc1ccc(F)cc1C. The molecule has 0 heterocycles. The van der Waals surface area contributed by atoms with Crippen molar-refractivity contribution in [3.05, 3.63) is 29.6 Å². The maximum absolute atomic E-state index is 12.7. The summed E-state index contributed by atoms with van der Waals surface area (Å²) in [6, 6.07) is 4.89. The summed E-state index contributed by atoms with van der Waals surface area (Å²) in [4.78, 5) is 1.14. The first-order chi connectivity index (χ1) is 6.24. The maximum atomic E-state index is 12.7. The molecule has 1 rings (SSSR count). The van der Waals surface area contributed by atoms with Gasteiger partial charge in [0.1, 0.15) is 5.82 Å². The Kier molecular flexibility index (Phi) is 4.25. The molecule has 0 saturated carbocycles. The van der Waals surface area contributed by atoms with Crippen LogP contribution in [0.2, 0.25) is 0 Å². The highest BCUT2D eigenvalue weighted by atomic mass is 32.2. The summed E-state index contributed by atoms with van der Waals surface area (Å²) in [5.74, 6) is 0.716. The molecule has 0 amide bonds. The van der Waals surface area contributed by atoms with Crippen molar-refractivity contribution in [2.75, 3.05) is 12.4 Å². The second-order valence-electron chi connectivity index (χ2n) is 2.80. The molecule has 3 heteroatoms. The Balaban J connectivity index is 2.56. The van der Waals surface area contributed by atoms with Crippen LogP contribution in [0.5, 0.6) is 0 Å². The van der Waals surface area contributed by atoms with Gasteiger partial charge in [-0.15, -0.1) is 11.8 Å². The Morgan fingerprint density at radius 3 is 2.85 bits per heavy atom. The van der Waals surface area contributed by atoms with E-state index in [1.165, 1.54) is 6.07 Å². The van der Waals surface area contributed by atoms with Gasteiger partial charge in [-0.3, -0.25) is 0 Å². The van der Waals surface area contributed by atoms with E-state index in [2.05, 4.69) is 12.2 Å². The molecular formula is C10H14FNS. The average Bonchev–Trinajstić information content (AvgIpc) is 2.09. The fourth-order valence-electron chi connectivity index (χ4n) is 1.01. The summed E-state index contributed by atoms with van der Waals surface area (Å²) in [6.07, 6.45) is 0. The van der Waals surface area contributed by atoms with Crippen LogP contribution in [0, 0.1) is 12.7 Å². The molecule has 0 unspecified atom stereocenters. The Bertz CT molecular complexity index is 276. The molecule has 0 spiro atoms. The molecule has 0 atom stereocenters. The lowest BCUT2D eigenvalue weighted by atomic mass is 10.2. The fourth-order valence-corrected chi connectivity index (χ4v) is 1.92. The smallest absolute Gasteiger partial charge is 0.123 e. The number of hydrogen-bond acceptors (Lipinski definition) is 2. The van der Waals surface area contributed by atoms with E-state index in [0.717, 1.165) is 22.9 Å². The summed E-state index contributed by atoms with van der Waals surface area (Å²) in [5.41, 5.74) is 1.00. The van der Waals surface area contributed by atoms with E-state index in [1.54, 1.807) is 17.8 Å². The number of benzene rings is 1. The van der Waals surface area contributed by atoms with Gasteiger partial charge in [-0.25, -0.2) is 4.39 Å². The predicted molar refractivity (Wildman–Crippen MR) is 55.5 cm³/mol. The minimum Gasteiger partial charge on any atom is -0.308 e. The van der Waals surface area contributed by atoms with Crippen LogP contribution in [0.1, 0.15) is 12.5 Å². The highest BCUT2D eigenvalue weighted by Gasteiger charge is 1.99. The van der Waals surface area contributed by atoms with Crippen molar-refractivity contribution >= 4 is 11.8 Å². The molecule has 1 nitrogen and oxygen atoms in total. The molecule has 0 radical (unpaired) electrons. The molecule has 0 aliphatic carbocycles. The zero-order valence-corrected chi connectivity index (χ0v) is 8.75. The van der Waals surface area contributed by atoms with Crippen LogP contribution in [-0.2, 0) is 0 Å². The van der Waals surface area contributed by atoms with Gasteiger partial charge in [0, 0.05) is 10.8 Å².